The van der Waals surface area contributed by atoms with Gasteiger partial charge in [-0.15, -0.1) is 0 Å². The first kappa shape index (κ1) is 14.1. The Kier molecular flexibility index (Phi) is 4.30. The van der Waals surface area contributed by atoms with Crippen LogP contribution in [0.4, 0.5) is 5.69 Å². The maximum absolute atomic E-state index is 12.0. The fraction of sp³-hybridized carbons (Fsp3) is 0.111. The molecule has 1 amide bonds. The second-order valence-electron chi connectivity index (χ2n) is 5.05. The van der Waals surface area contributed by atoms with Crippen LogP contribution in [-0.4, -0.2) is 15.9 Å². The number of anilines is 1. The summed E-state index contributed by atoms with van der Waals surface area (Å²) in [6.45, 7) is 0. The number of amides is 1. The zero-order chi connectivity index (χ0) is 15.2. The van der Waals surface area contributed by atoms with Gasteiger partial charge in [0.25, 0.3) is 0 Å². The second kappa shape index (κ2) is 6.72. The van der Waals surface area contributed by atoms with Crippen LogP contribution in [0.25, 0.3) is 11.4 Å². The van der Waals surface area contributed by atoms with Gasteiger partial charge in [-0.2, -0.15) is 0 Å². The molecule has 0 aliphatic carbocycles. The zero-order valence-electron chi connectivity index (χ0n) is 12.1. The number of rotatable bonds is 5. The lowest BCUT2D eigenvalue weighted by Gasteiger charge is -2.06. The zero-order valence-corrected chi connectivity index (χ0v) is 12.1. The molecule has 0 saturated heterocycles. The number of carbonyl (C=O) groups is 1. The van der Waals surface area contributed by atoms with Gasteiger partial charge >= 0.3 is 0 Å². The molecule has 1 aromatic heterocycles. The van der Waals surface area contributed by atoms with Gasteiger partial charge in [0.2, 0.25) is 5.91 Å². The highest BCUT2D eigenvalue weighted by Gasteiger charge is 2.04. The Labute approximate surface area is 129 Å². The van der Waals surface area contributed by atoms with E-state index in [1.165, 1.54) is 5.56 Å². The third-order valence-electron chi connectivity index (χ3n) is 3.42. The lowest BCUT2D eigenvalue weighted by Crippen LogP contribution is -2.12. The molecule has 110 valence electrons. The third-order valence-corrected chi connectivity index (χ3v) is 3.42. The first-order valence-corrected chi connectivity index (χ1v) is 7.25. The number of hydrogen-bond donors (Lipinski definition) is 2. The molecule has 0 unspecified atom stereocenters. The standard InChI is InChI=1S/C18H17N3O/c22-17(11-6-14-4-2-1-3-5-14)21-16-9-7-15(8-10-16)18-19-12-13-20-18/h1-5,7-10,12-13H,6,11H2,(H,19,20)(H,21,22). The fourth-order valence-electron chi connectivity index (χ4n) is 2.26. The van der Waals surface area contributed by atoms with Crippen LogP contribution in [0.2, 0.25) is 0 Å². The SMILES string of the molecule is O=C(CCc1ccccc1)Nc1ccc(-c2ncc[nH]2)cc1. The summed E-state index contributed by atoms with van der Waals surface area (Å²) >= 11 is 0. The number of aromatic nitrogens is 2. The van der Waals surface area contributed by atoms with E-state index in [4.69, 9.17) is 0 Å². The maximum Gasteiger partial charge on any atom is 0.224 e. The molecule has 0 aliphatic heterocycles. The van der Waals surface area contributed by atoms with Gasteiger partial charge < -0.3 is 10.3 Å². The molecule has 2 N–H and O–H groups in total. The van der Waals surface area contributed by atoms with E-state index < -0.39 is 0 Å². The van der Waals surface area contributed by atoms with Gasteiger partial charge in [0.1, 0.15) is 5.82 Å². The van der Waals surface area contributed by atoms with Crippen LogP contribution in [-0.2, 0) is 11.2 Å². The van der Waals surface area contributed by atoms with E-state index in [1.54, 1.807) is 12.4 Å². The van der Waals surface area contributed by atoms with Crippen LogP contribution >= 0.6 is 0 Å². The van der Waals surface area contributed by atoms with Gasteiger partial charge in [0, 0.05) is 30.1 Å². The summed E-state index contributed by atoms with van der Waals surface area (Å²) in [4.78, 5) is 19.2. The van der Waals surface area contributed by atoms with Crippen LogP contribution in [0, 0.1) is 0 Å². The number of benzene rings is 2. The van der Waals surface area contributed by atoms with Gasteiger partial charge in [-0.1, -0.05) is 30.3 Å². The Bertz CT molecular complexity index is 719. The maximum atomic E-state index is 12.0. The molecule has 3 aromatic rings. The highest BCUT2D eigenvalue weighted by atomic mass is 16.1. The molecule has 22 heavy (non-hydrogen) atoms. The van der Waals surface area contributed by atoms with Crippen molar-refractivity contribution in [2.45, 2.75) is 12.8 Å². The monoisotopic (exact) mass is 291 g/mol. The fourth-order valence-corrected chi connectivity index (χ4v) is 2.26. The molecule has 0 spiro atoms. The number of H-pyrrole nitrogens is 1. The lowest BCUT2D eigenvalue weighted by molar-refractivity contribution is -0.116. The number of imidazole rings is 1. The Hall–Kier alpha value is -2.88. The first-order valence-electron chi connectivity index (χ1n) is 7.25. The number of aryl methyl sites for hydroxylation is 1. The van der Waals surface area contributed by atoms with Crippen molar-refractivity contribution >= 4 is 11.6 Å². The number of hydrogen-bond acceptors (Lipinski definition) is 2. The van der Waals surface area contributed by atoms with Crippen molar-refractivity contribution in [1.82, 2.24) is 9.97 Å². The van der Waals surface area contributed by atoms with E-state index in [0.717, 1.165) is 23.5 Å². The van der Waals surface area contributed by atoms with Crippen molar-refractivity contribution in [3.05, 3.63) is 72.6 Å². The third kappa shape index (κ3) is 3.61. The van der Waals surface area contributed by atoms with E-state index in [1.807, 2.05) is 54.6 Å². The van der Waals surface area contributed by atoms with Crippen LogP contribution < -0.4 is 5.32 Å². The molecule has 4 heteroatoms. The topological polar surface area (TPSA) is 57.8 Å². The van der Waals surface area contributed by atoms with Crippen molar-refractivity contribution in [2.75, 3.05) is 5.32 Å². The van der Waals surface area contributed by atoms with Crippen LogP contribution in [0.1, 0.15) is 12.0 Å². The van der Waals surface area contributed by atoms with Crippen LogP contribution in [0.5, 0.6) is 0 Å². The molecular weight excluding hydrogens is 274 g/mol. The molecule has 3 rings (SSSR count). The van der Waals surface area contributed by atoms with E-state index in [0.29, 0.717) is 6.42 Å². The quantitative estimate of drug-likeness (QED) is 0.754. The minimum absolute atomic E-state index is 0.0228. The minimum atomic E-state index is 0.0228. The Balaban J connectivity index is 1.55. The van der Waals surface area contributed by atoms with E-state index in [-0.39, 0.29) is 5.91 Å². The average Bonchev–Trinajstić information content (AvgIpc) is 3.09. The summed E-state index contributed by atoms with van der Waals surface area (Å²) in [5, 5.41) is 2.92. The van der Waals surface area contributed by atoms with Gasteiger partial charge in [-0.25, -0.2) is 4.98 Å². The Morgan fingerprint density at radius 2 is 1.82 bits per heavy atom. The lowest BCUT2D eigenvalue weighted by atomic mass is 10.1. The molecule has 0 saturated carbocycles. The minimum Gasteiger partial charge on any atom is -0.345 e. The summed E-state index contributed by atoms with van der Waals surface area (Å²) in [6, 6.07) is 17.7. The van der Waals surface area contributed by atoms with Gasteiger partial charge in [0.15, 0.2) is 0 Å². The number of nitrogens with zero attached hydrogens (tertiary/aromatic N) is 1. The number of aromatic amines is 1. The molecule has 4 nitrogen and oxygen atoms in total. The largest absolute Gasteiger partial charge is 0.345 e. The molecule has 0 fully saturated rings. The highest BCUT2D eigenvalue weighted by molar-refractivity contribution is 5.91. The van der Waals surface area contributed by atoms with E-state index in [2.05, 4.69) is 15.3 Å². The van der Waals surface area contributed by atoms with Crippen molar-refractivity contribution in [3.63, 3.8) is 0 Å². The number of nitrogens with one attached hydrogen (secondary N) is 2. The van der Waals surface area contributed by atoms with Crippen molar-refractivity contribution in [2.24, 2.45) is 0 Å². The second-order valence-corrected chi connectivity index (χ2v) is 5.05. The number of carbonyl (C=O) groups excluding carboxylic acids is 1. The smallest absolute Gasteiger partial charge is 0.224 e. The normalized spacial score (nSPS) is 10.4. The Morgan fingerprint density at radius 3 is 2.50 bits per heavy atom. The highest BCUT2D eigenvalue weighted by Crippen LogP contribution is 2.17. The van der Waals surface area contributed by atoms with Gasteiger partial charge in [-0.3, -0.25) is 4.79 Å². The van der Waals surface area contributed by atoms with Crippen LogP contribution in [0.15, 0.2) is 67.0 Å². The summed E-state index contributed by atoms with van der Waals surface area (Å²) in [7, 11) is 0. The summed E-state index contributed by atoms with van der Waals surface area (Å²) in [5.74, 6) is 0.844. The molecule has 0 atom stereocenters. The predicted octanol–water partition coefficient (Wildman–Crippen LogP) is 3.65. The summed E-state index contributed by atoms with van der Waals surface area (Å²) in [5.41, 5.74) is 2.96. The molecule has 2 aromatic carbocycles. The van der Waals surface area contributed by atoms with Crippen LogP contribution in [0.3, 0.4) is 0 Å². The molecule has 1 heterocycles. The van der Waals surface area contributed by atoms with Gasteiger partial charge in [0.05, 0.1) is 0 Å². The van der Waals surface area contributed by atoms with Gasteiger partial charge in [-0.05, 0) is 36.2 Å². The van der Waals surface area contributed by atoms with Crippen molar-refractivity contribution in [1.29, 1.82) is 0 Å². The van der Waals surface area contributed by atoms with Crippen molar-refractivity contribution in [3.8, 4) is 11.4 Å². The summed E-state index contributed by atoms with van der Waals surface area (Å²) < 4.78 is 0. The molecular formula is C18H17N3O. The van der Waals surface area contributed by atoms with E-state index >= 15 is 0 Å². The predicted molar refractivity (Wildman–Crippen MR) is 87.4 cm³/mol. The van der Waals surface area contributed by atoms with E-state index in [9.17, 15) is 4.79 Å². The Morgan fingerprint density at radius 1 is 1.05 bits per heavy atom. The average molecular weight is 291 g/mol. The molecule has 0 bridgehead atoms. The summed E-state index contributed by atoms with van der Waals surface area (Å²) in [6.07, 6.45) is 4.73. The molecule has 0 radical (unpaired) electrons. The molecule has 0 aliphatic rings. The first-order chi connectivity index (χ1) is 10.8. The van der Waals surface area contributed by atoms with Crippen molar-refractivity contribution < 1.29 is 4.79 Å².